The molecular weight excluding hydrogens is 210 g/mol. The minimum absolute atomic E-state index is 0.281. The highest BCUT2D eigenvalue weighted by molar-refractivity contribution is 5.90. The van der Waals surface area contributed by atoms with Gasteiger partial charge in [-0.25, -0.2) is 4.79 Å². The highest BCUT2D eigenvalue weighted by Crippen LogP contribution is 2.00. The van der Waals surface area contributed by atoms with Gasteiger partial charge in [0.05, 0.1) is 5.56 Å². The van der Waals surface area contributed by atoms with E-state index in [2.05, 4.69) is 0 Å². The lowest BCUT2D eigenvalue weighted by molar-refractivity contribution is -0.113. The monoisotopic (exact) mass is 223 g/mol. The van der Waals surface area contributed by atoms with Gasteiger partial charge < -0.3 is 10.3 Å². The Bertz CT molecular complexity index is 578. The largest absolute Gasteiger partial charge is 0.366 e. The Kier molecular flexibility index (Phi) is 3.12. The van der Waals surface area contributed by atoms with Crippen LogP contribution in [0.15, 0.2) is 15.7 Å². The molecule has 0 saturated carbocycles. The Balaban J connectivity index is 3.59. The minimum Gasteiger partial charge on any atom is -0.366 e. The van der Waals surface area contributed by atoms with Crippen molar-refractivity contribution in [1.82, 2.24) is 9.13 Å². The van der Waals surface area contributed by atoms with Crippen molar-refractivity contribution in [2.24, 2.45) is 19.8 Å². The lowest BCUT2D eigenvalue weighted by Crippen LogP contribution is -2.39. The van der Waals surface area contributed by atoms with Gasteiger partial charge in [0.25, 0.3) is 5.56 Å². The summed E-state index contributed by atoms with van der Waals surface area (Å²) in [6, 6.07) is 0. The summed E-state index contributed by atoms with van der Waals surface area (Å²) in [6.07, 6.45) is 2.41. The van der Waals surface area contributed by atoms with E-state index in [0.29, 0.717) is 5.69 Å². The summed E-state index contributed by atoms with van der Waals surface area (Å²) in [5, 5.41) is 0. The molecule has 1 aromatic rings. The highest BCUT2D eigenvalue weighted by Gasteiger charge is 2.09. The summed E-state index contributed by atoms with van der Waals surface area (Å²) in [5.74, 6) is -0.643. The molecule has 16 heavy (non-hydrogen) atoms. The van der Waals surface area contributed by atoms with Crippen LogP contribution in [0.4, 0.5) is 0 Å². The van der Waals surface area contributed by atoms with Gasteiger partial charge in [-0.1, -0.05) is 0 Å². The summed E-state index contributed by atoms with van der Waals surface area (Å²) in [6.45, 7) is 1.63. The molecule has 1 amide bonds. The van der Waals surface area contributed by atoms with Crippen molar-refractivity contribution < 1.29 is 4.79 Å². The fraction of sp³-hybridized carbons (Fsp3) is 0.300. The Labute approximate surface area is 91.6 Å². The van der Waals surface area contributed by atoms with E-state index in [9.17, 15) is 14.4 Å². The van der Waals surface area contributed by atoms with Crippen molar-refractivity contribution in [2.75, 3.05) is 0 Å². The molecule has 0 radical (unpaired) electrons. The number of rotatable bonds is 2. The summed E-state index contributed by atoms with van der Waals surface area (Å²) in [7, 11) is 2.93. The third-order valence-electron chi connectivity index (χ3n) is 2.42. The Morgan fingerprint density at radius 2 is 1.81 bits per heavy atom. The average molecular weight is 223 g/mol. The molecule has 1 aromatic heterocycles. The van der Waals surface area contributed by atoms with Crippen LogP contribution < -0.4 is 17.0 Å². The molecule has 2 N–H and O–H groups in total. The van der Waals surface area contributed by atoms with Gasteiger partial charge in [0.15, 0.2) is 0 Å². The number of amides is 1. The number of primary amides is 1. The van der Waals surface area contributed by atoms with E-state index in [-0.39, 0.29) is 5.56 Å². The van der Waals surface area contributed by atoms with E-state index in [1.165, 1.54) is 17.7 Å². The van der Waals surface area contributed by atoms with E-state index >= 15 is 0 Å². The molecule has 0 unspecified atom stereocenters. The van der Waals surface area contributed by atoms with Crippen molar-refractivity contribution in [2.45, 2.75) is 6.92 Å². The predicted octanol–water partition coefficient (Wildman–Crippen LogP) is -1.11. The molecule has 0 aliphatic rings. The molecule has 0 fully saturated rings. The number of hydrogen-bond acceptors (Lipinski definition) is 3. The molecule has 0 aliphatic heterocycles. The third-order valence-corrected chi connectivity index (χ3v) is 2.42. The van der Waals surface area contributed by atoms with Crippen molar-refractivity contribution >= 4 is 12.0 Å². The van der Waals surface area contributed by atoms with Crippen LogP contribution in [-0.2, 0) is 18.9 Å². The molecule has 6 nitrogen and oxygen atoms in total. The second kappa shape index (κ2) is 4.18. The SMILES string of the molecule is Cc1c(/C=C/C(N)=O)c(=O)n(C)c(=O)n1C. The first-order chi connectivity index (χ1) is 7.36. The average Bonchev–Trinajstić information content (AvgIpc) is 2.23. The minimum atomic E-state index is -0.643. The number of nitrogens with zero attached hydrogens (tertiary/aromatic N) is 2. The number of carbonyl (C=O) groups is 1. The molecule has 0 bridgehead atoms. The maximum Gasteiger partial charge on any atom is 0.330 e. The van der Waals surface area contributed by atoms with Crippen molar-refractivity contribution in [3.05, 3.63) is 38.2 Å². The van der Waals surface area contributed by atoms with E-state index in [0.717, 1.165) is 10.6 Å². The quantitative estimate of drug-likeness (QED) is 0.645. The maximum absolute atomic E-state index is 11.7. The van der Waals surface area contributed by atoms with Crippen LogP contribution in [0, 0.1) is 6.92 Å². The first-order valence-corrected chi connectivity index (χ1v) is 4.60. The molecule has 0 aliphatic carbocycles. The molecule has 0 saturated heterocycles. The standard InChI is InChI=1S/C10H13N3O3/c1-6-7(4-5-8(11)14)9(15)13(3)10(16)12(6)2/h4-5H,1-3H3,(H2,11,14)/b5-4+. The van der Waals surface area contributed by atoms with Gasteiger partial charge in [0.2, 0.25) is 5.91 Å². The maximum atomic E-state index is 11.7. The molecule has 6 heteroatoms. The van der Waals surface area contributed by atoms with Gasteiger partial charge in [-0.15, -0.1) is 0 Å². The summed E-state index contributed by atoms with van der Waals surface area (Å²) < 4.78 is 2.32. The fourth-order valence-corrected chi connectivity index (χ4v) is 1.33. The van der Waals surface area contributed by atoms with E-state index in [1.807, 2.05) is 0 Å². The lowest BCUT2D eigenvalue weighted by atomic mass is 10.2. The molecular formula is C10H13N3O3. The number of aromatic nitrogens is 2. The first-order valence-electron chi connectivity index (χ1n) is 4.60. The number of nitrogens with two attached hydrogens (primary N) is 1. The zero-order valence-electron chi connectivity index (χ0n) is 9.35. The Morgan fingerprint density at radius 3 is 2.31 bits per heavy atom. The topological polar surface area (TPSA) is 87.1 Å². The van der Waals surface area contributed by atoms with Gasteiger partial charge in [-0.2, -0.15) is 0 Å². The number of hydrogen-bond donors (Lipinski definition) is 1. The smallest absolute Gasteiger partial charge is 0.330 e. The van der Waals surface area contributed by atoms with Gasteiger partial charge in [-0.3, -0.25) is 14.2 Å². The lowest BCUT2D eigenvalue weighted by Gasteiger charge is -2.08. The van der Waals surface area contributed by atoms with E-state index in [1.54, 1.807) is 14.0 Å². The predicted molar refractivity (Wildman–Crippen MR) is 59.9 cm³/mol. The van der Waals surface area contributed by atoms with Crippen LogP contribution in [0.5, 0.6) is 0 Å². The van der Waals surface area contributed by atoms with Crippen LogP contribution in [0.3, 0.4) is 0 Å². The normalized spacial score (nSPS) is 10.9. The van der Waals surface area contributed by atoms with E-state index in [4.69, 9.17) is 5.73 Å². The second-order valence-corrected chi connectivity index (χ2v) is 3.44. The van der Waals surface area contributed by atoms with Gasteiger partial charge >= 0.3 is 5.69 Å². The van der Waals surface area contributed by atoms with Crippen LogP contribution in [0.1, 0.15) is 11.3 Å². The van der Waals surface area contributed by atoms with Crippen LogP contribution >= 0.6 is 0 Å². The summed E-state index contributed by atoms with van der Waals surface area (Å²) >= 11 is 0. The van der Waals surface area contributed by atoms with Crippen LogP contribution in [-0.4, -0.2) is 15.0 Å². The van der Waals surface area contributed by atoms with Gasteiger partial charge in [-0.05, 0) is 13.0 Å². The van der Waals surface area contributed by atoms with E-state index < -0.39 is 17.2 Å². The molecule has 1 heterocycles. The molecule has 86 valence electrons. The fourth-order valence-electron chi connectivity index (χ4n) is 1.33. The van der Waals surface area contributed by atoms with Gasteiger partial charge in [0, 0.05) is 25.9 Å². The third kappa shape index (κ3) is 1.95. The van der Waals surface area contributed by atoms with Crippen LogP contribution in [0.2, 0.25) is 0 Å². The Hall–Kier alpha value is -2.11. The molecule has 1 rings (SSSR count). The number of carbonyl (C=O) groups excluding carboxylic acids is 1. The van der Waals surface area contributed by atoms with Crippen molar-refractivity contribution in [3.8, 4) is 0 Å². The first kappa shape index (κ1) is 12.0. The highest BCUT2D eigenvalue weighted by atomic mass is 16.2. The van der Waals surface area contributed by atoms with Gasteiger partial charge in [0.1, 0.15) is 0 Å². The van der Waals surface area contributed by atoms with Crippen molar-refractivity contribution in [1.29, 1.82) is 0 Å². The molecule has 0 atom stereocenters. The zero-order valence-corrected chi connectivity index (χ0v) is 9.35. The van der Waals surface area contributed by atoms with Crippen molar-refractivity contribution in [3.63, 3.8) is 0 Å². The summed E-state index contributed by atoms with van der Waals surface area (Å²) in [5.41, 5.74) is 4.87. The molecule has 0 spiro atoms. The summed E-state index contributed by atoms with van der Waals surface area (Å²) in [4.78, 5) is 33.8. The Morgan fingerprint density at radius 1 is 1.25 bits per heavy atom. The second-order valence-electron chi connectivity index (χ2n) is 3.44. The molecule has 0 aromatic carbocycles. The van der Waals surface area contributed by atoms with Crippen LogP contribution in [0.25, 0.3) is 6.08 Å². The zero-order chi connectivity index (χ0) is 12.5.